The van der Waals surface area contributed by atoms with E-state index in [1.807, 2.05) is 0 Å². The Bertz CT molecular complexity index is 411. The summed E-state index contributed by atoms with van der Waals surface area (Å²) >= 11 is 0. The first-order valence-electron chi connectivity index (χ1n) is 7.53. The van der Waals surface area contributed by atoms with Crippen molar-refractivity contribution in [2.24, 2.45) is 0 Å². The van der Waals surface area contributed by atoms with E-state index in [0.717, 1.165) is 18.5 Å². The number of rotatable bonds is 5. The van der Waals surface area contributed by atoms with Crippen molar-refractivity contribution in [3.8, 4) is 0 Å². The Kier molecular flexibility index (Phi) is 5.84. The molecule has 2 N–H and O–H groups in total. The van der Waals surface area contributed by atoms with E-state index < -0.39 is 0 Å². The lowest BCUT2D eigenvalue weighted by molar-refractivity contribution is -0.121. The van der Waals surface area contributed by atoms with Crippen molar-refractivity contribution in [2.45, 2.75) is 51.0 Å². The molecule has 0 spiro atoms. The smallest absolute Gasteiger partial charge is 0.221 e. The van der Waals surface area contributed by atoms with Gasteiger partial charge in [0.25, 0.3) is 0 Å². The number of hydrogen-bond acceptors (Lipinski definition) is 2. The first-order valence-corrected chi connectivity index (χ1v) is 7.53. The van der Waals surface area contributed by atoms with E-state index in [4.69, 9.17) is 0 Å². The van der Waals surface area contributed by atoms with Crippen molar-refractivity contribution in [3.05, 3.63) is 30.1 Å². The van der Waals surface area contributed by atoms with Crippen LogP contribution in [0.25, 0.3) is 0 Å². The summed E-state index contributed by atoms with van der Waals surface area (Å²) in [6, 6.07) is 6.54. The maximum atomic E-state index is 12.7. The normalized spacial score (nSPS) is 16.4. The molecule has 0 heterocycles. The maximum absolute atomic E-state index is 12.7. The van der Waals surface area contributed by atoms with E-state index in [2.05, 4.69) is 10.6 Å². The minimum Gasteiger partial charge on any atom is -0.385 e. The fraction of sp³-hybridized carbons (Fsp3) is 0.562. The van der Waals surface area contributed by atoms with Crippen LogP contribution >= 0.6 is 0 Å². The number of benzene rings is 1. The molecule has 1 aromatic carbocycles. The van der Waals surface area contributed by atoms with Crippen LogP contribution in [0.3, 0.4) is 0 Å². The zero-order valence-electron chi connectivity index (χ0n) is 11.8. The number of amides is 1. The molecule has 20 heavy (non-hydrogen) atoms. The fourth-order valence-electron chi connectivity index (χ4n) is 2.61. The van der Waals surface area contributed by atoms with E-state index >= 15 is 0 Å². The Hall–Kier alpha value is -1.58. The third-order valence-electron chi connectivity index (χ3n) is 3.75. The molecule has 0 bridgehead atoms. The predicted octanol–water partition coefficient (Wildman–Crippen LogP) is 3.47. The molecule has 0 aliphatic heterocycles. The lowest BCUT2D eigenvalue weighted by atomic mass is 10.1. The number of halogens is 1. The van der Waals surface area contributed by atoms with Crippen LogP contribution in [0, 0.1) is 5.82 Å². The zero-order chi connectivity index (χ0) is 14.2. The number of carbonyl (C=O) groups excluding carboxylic acids is 1. The van der Waals surface area contributed by atoms with Crippen molar-refractivity contribution in [2.75, 3.05) is 11.9 Å². The molecule has 1 saturated carbocycles. The summed E-state index contributed by atoms with van der Waals surface area (Å²) in [5.74, 6) is -0.145. The highest BCUT2D eigenvalue weighted by atomic mass is 19.1. The quantitative estimate of drug-likeness (QED) is 0.810. The molecular weight excluding hydrogens is 255 g/mol. The molecule has 2 rings (SSSR count). The van der Waals surface area contributed by atoms with Crippen molar-refractivity contribution < 1.29 is 9.18 Å². The third kappa shape index (κ3) is 5.19. The van der Waals surface area contributed by atoms with Gasteiger partial charge < -0.3 is 10.6 Å². The highest BCUT2D eigenvalue weighted by Gasteiger charge is 2.14. The molecular formula is C16H23FN2O. The maximum Gasteiger partial charge on any atom is 0.221 e. The van der Waals surface area contributed by atoms with Gasteiger partial charge in [0, 0.05) is 24.7 Å². The molecule has 1 fully saturated rings. The van der Waals surface area contributed by atoms with E-state index in [-0.39, 0.29) is 11.7 Å². The van der Waals surface area contributed by atoms with E-state index in [0.29, 0.717) is 19.0 Å². The predicted molar refractivity (Wildman–Crippen MR) is 79.1 cm³/mol. The molecule has 110 valence electrons. The molecule has 0 saturated heterocycles. The minimum absolute atomic E-state index is 0.103. The SMILES string of the molecule is O=C(CCNc1ccc(F)cc1)NC1CCCCCC1. The van der Waals surface area contributed by atoms with Gasteiger partial charge in [-0.3, -0.25) is 4.79 Å². The summed E-state index contributed by atoms with van der Waals surface area (Å²) in [5.41, 5.74) is 0.841. The molecule has 0 radical (unpaired) electrons. The van der Waals surface area contributed by atoms with Crippen LogP contribution in [0.4, 0.5) is 10.1 Å². The number of anilines is 1. The number of hydrogen-bond donors (Lipinski definition) is 2. The molecule has 4 heteroatoms. The second-order valence-electron chi connectivity index (χ2n) is 5.44. The van der Waals surface area contributed by atoms with Gasteiger partial charge in [-0.2, -0.15) is 0 Å². The van der Waals surface area contributed by atoms with Gasteiger partial charge in [-0.05, 0) is 37.1 Å². The van der Waals surface area contributed by atoms with Crippen LogP contribution in [0.15, 0.2) is 24.3 Å². The lowest BCUT2D eigenvalue weighted by Crippen LogP contribution is -2.35. The van der Waals surface area contributed by atoms with Gasteiger partial charge >= 0.3 is 0 Å². The Morgan fingerprint density at radius 1 is 1.10 bits per heavy atom. The molecule has 3 nitrogen and oxygen atoms in total. The largest absolute Gasteiger partial charge is 0.385 e. The van der Waals surface area contributed by atoms with Gasteiger partial charge in [0.15, 0.2) is 0 Å². The van der Waals surface area contributed by atoms with Crippen LogP contribution in [-0.4, -0.2) is 18.5 Å². The molecule has 0 unspecified atom stereocenters. The Balaban J connectivity index is 1.65. The second-order valence-corrected chi connectivity index (χ2v) is 5.44. The van der Waals surface area contributed by atoms with E-state index in [1.165, 1.54) is 37.8 Å². The van der Waals surface area contributed by atoms with Gasteiger partial charge in [-0.25, -0.2) is 4.39 Å². The average molecular weight is 278 g/mol. The summed E-state index contributed by atoms with van der Waals surface area (Å²) in [4.78, 5) is 11.9. The van der Waals surface area contributed by atoms with E-state index in [1.54, 1.807) is 12.1 Å². The monoisotopic (exact) mass is 278 g/mol. The van der Waals surface area contributed by atoms with Crippen molar-refractivity contribution >= 4 is 11.6 Å². The lowest BCUT2D eigenvalue weighted by Gasteiger charge is -2.16. The van der Waals surface area contributed by atoms with Crippen LogP contribution < -0.4 is 10.6 Å². The van der Waals surface area contributed by atoms with Crippen LogP contribution in [0.2, 0.25) is 0 Å². The number of carbonyl (C=O) groups is 1. The highest BCUT2D eigenvalue weighted by Crippen LogP contribution is 2.17. The van der Waals surface area contributed by atoms with Crippen LogP contribution in [0.5, 0.6) is 0 Å². The Morgan fingerprint density at radius 3 is 2.40 bits per heavy atom. The summed E-state index contributed by atoms with van der Waals surface area (Å²) in [6.45, 7) is 0.574. The van der Waals surface area contributed by atoms with Gasteiger partial charge in [-0.1, -0.05) is 25.7 Å². The molecule has 0 atom stereocenters. The molecule has 1 aliphatic rings. The topological polar surface area (TPSA) is 41.1 Å². The van der Waals surface area contributed by atoms with Crippen molar-refractivity contribution in [1.29, 1.82) is 0 Å². The Morgan fingerprint density at radius 2 is 1.75 bits per heavy atom. The highest BCUT2D eigenvalue weighted by molar-refractivity contribution is 5.76. The molecule has 0 aromatic heterocycles. The van der Waals surface area contributed by atoms with Crippen molar-refractivity contribution in [1.82, 2.24) is 5.32 Å². The summed E-state index contributed by atoms with van der Waals surface area (Å²) in [5, 5.41) is 6.24. The first kappa shape index (κ1) is 14.8. The first-order chi connectivity index (χ1) is 9.74. The minimum atomic E-state index is -0.248. The molecule has 1 aromatic rings. The molecule has 1 amide bonds. The van der Waals surface area contributed by atoms with Gasteiger partial charge in [-0.15, -0.1) is 0 Å². The summed E-state index contributed by atoms with van der Waals surface area (Å²) in [7, 11) is 0. The summed E-state index contributed by atoms with van der Waals surface area (Å²) < 4.78 is 12.7. The van der Waals surface area contributed by atoms with Gasteiger partial charge in [0.1, 0.15) is 5.82 Å². The standard InChI is InChI=1S/C16H23FN2O/c17-13-7-9-14(10-8-13)18-12-11-16(20)19-15-5-3-1-2-4-6-15/h7-10,15,18H,1-6,11-12H2,(H,19,20). The van der Waals surface area contributed by atoms with Crippen LogP contribution in [-0.2, 0) is 4.79 Å². The van der Waals surface area contributed by atoms with Crippen LogP contribution in [0.1, 0.15) is 44.9 Å². The number of nitrogens with one attached hydrogen (secondary N) is 2. The van der Waals surface area contributed by atoms with Crippen molar-refractivity contribution in [3.63, 3.8) is 0 Å². The second kappa shape index (κ2) is 7.88. The van der Waals surface area contributed by atoms with Gasteiger partial charge in [0.05, 0.1) is 0 Å². The summed E-state index contributed by atoms with van der Waals surface area (Å²) in [6.07, 6.45) is 7.69. The zero-order valence-corrected chi connectivity index (χ0v) is 11.8. The van der Waals surface area contributed by atoms with Gasteiger partial charge in [0.2, 0.25) is 5.91 Å². The Labute approximate surface area is 120 Å². The third-order valence-corrected chi connectivity index (χ3v) is 3.75. The van der Waals surface area contributed by atoms with E-state index in [9.17, 15) is 9.18 Å². The average Bonchev–Trinajstić information content (AvgIpc) is 2.70. The fourth-order valence-corrected chi connectivity index (χ4v) is 2.61. The molecule has 1 aliphatic carbocycles.